The lowest BCUT2D eigenvalue weighted by Crippen LogP contribution is -2.61. The molecule has 11 rings (SSSR count). The molecule has 0 aliphatic carbocycles. The summed E-state index contributed by atoms with van der Waals surface area (Å²) in [6.45, 7) is 32.4. The van der Waals surface area contributed by atoms with Gasteiger partial charge in [0.05, 0.1) is 22.7 Å². The number of anilines is 6. The van der Waals surface area contributed by atoms with Crippen LogP contribution >= 0.6 is 11.3 Å². The fraction of sp³-hybridized carbons (Fsp3) is 0.281. The molecular formula is C64H65BN2OS. The third kappa shape index (κ3) is 7.29. The molecule has 4 heterocycles. The molecule has 9 aromatic rings. The van der Waals surface area contributed by atoms with Crippen molar-refractivity contribution in [2.75, 3.05) is 9.80 Å². The molecule has 5 heteroatoms. The predicted molar refractivity (Wildman–Crippen MR) is 301 cm³/mol. The summed E-state index contributed by atoms with van der Waals surface area (Å²) >= 11 is 1.82. The molecule has 0 saturated heterocycles. The zero-order chi connectivity index (χ0) is 48.6. The number of rotatable bonds is 5. The predicted octanol–water partition coefficient (Wildman–Crippen LogP) is 17.0. The van der Waals surface area contributed by atoms with Crippen LogP contribution in [-0.2, 0) is 16.2 Å². The van der Waals surface area contributed by atoms with Gasteiger partial charge in [-0.2, -0.15) is 0 Å². The lowest BCUT2D eigenvalue weighted by Gasteiger charge is -2.44. The summed E-state index contributed by atoms with van der Waals surface area (Å²) in [5.41, 5.74) is 25.5. The Bertz CT molecular complexity index is 3510. The zero-order valence-electron chi connectivity index (χ0n) is 43.1. The highest BCUT2D eigenvalue weighted by Crippen LogP contribution is 2.52. The van der Waals surface area contributed by atoms with Crippen LogP contribution < -0.4 is 26.4 Å². The van der Waals surface area contributed by atoms with Crippen molar-refractivity contribution >= 4 is 89.8 Å². The second-order valence-electron chi connectivity index (χ2n) is 23.4. The molecule has 0 saturated carbocycles. The topological polar surface area (TPSA) is 19.6 Å². The fourth-order valence-corrected chi connectivity index (χ4v) is 12.2. The molecule has 0 radical (unpaired) electrons. The van der Waals surface area contributed by atoms with E-state index in [1.165, 1.54) is 111 Å². The molecule has 0 bridgehead atoms. The van der Waals surface area contributed by atoms with Gasteiger partial charge in [0.2, 0.25) is 0 Å². The van der Waals surface area contributed by atoms with Crippen LogP contribution in [0.5, 0.6) is 0 Å². The largest absolute Gasteiger partial charge is 0.468 e. The molecule has 0 fully saturated rings. The summed E-state index contributed by atoms with van der Waals surface area (Å²) in [5.74, 6) is 0.266. The Hall–Kier alpha value is -6.30. The Balaban J connectivity index is 1.31. The van der Waals surface area contributed by atoms with Crippen LogP contribution in [0.25, 0.3) is 43.3 Å². The van der Waals surface area contributed by atoms with Crippen molar-refractivity contribution in [1.29, 1.82) is 0 Å². The van der Waals surface area contributed by atoms with Crippen LogP contribution in [0.2, 0.25) is 0 Å². The van der Waals surface area contributed by atoms with E-state index in [0.29, 0.717) is 0 Å². The normalized spacial score (nSPS) is 13.7. The molecule has 69 heavy (non-hydrogen) atoms. The smallest absolute Gasteiger partial charge is 0.297 e. The van der Waals surface area contributed by atoms with Gasteiger partial charge < -0.3 is 14.2 Å². The monoisotopic (exact) mass is 920 g/mol. The van der Waals surface area contributed by atoms with Gasteiger partial charge in [0.1, 0.15) is 5.58 Å². The minimum absolute atomic E-state index is 0.000564. The van der Waals surface area contributed by atoms with Crippen LogP contribution in [-0.4, -0.2) is 6.71 Å². The maximum Gasteiger partial charge on any atom is 0.297 e. The summed E-state index contributed by atoms with van der Waals surface area (Å²) < 4.78 is 8.80. The second-order valence-corrected chi connectivity index (χ2v) is 24.4. The minimum atomic E-state index is -0.187. The first kappa shape index (κ1) is 45.2. The van der Waals surface area contributed by atoms with Gasteiger partial charge in [-0.1, -0.05) is 161 Å². The molecule has 7 aromatic carbocycles. The van der Waals surface area contributed by atoms with Crippen LogP contribution in [0.4, 0.5) is 34.1 Å². The van der Waals surface area contributed by atoms with E-state index in [0.717, 1.165) is 22.3 Å². The van der Waals surface area contributed by atoms with Gasteiger partial charge in [-0.25, -0.2) is 0 Å². The number of thiophene rings is 1. The Morgan fingerprint density at radius 1 is 0.507 bits per heavy atom. The zero-order valence-corrected chi connectivity index (χ0v) is 43.9. The Labute approximate surface area is 414 Å². The minimum Gasteiger partial charge on any atom is -0.468 e. The molecule has 2 aromatic heterocycles. The van der Waals surface area contributed by atoms with Gasteiger partial charge in [-0.3, -0.25) is 0 Å². The van der Waals surface area contributed by atoms with Gasteiger partial charge >= 0.3 is 0 Å². The summed E-state index contributed by atoms with van der Waals surface area (Å²) in [7, 11) is 0. The highest BCUT2D eigenvalue weighted by atomic mass is 32.1. The summed E-state index contributed by atoms with van der Waals surface area (Å²) in [5, 5.41) is 4.79. The van der Waals surface area contributed by atoms with E-state index in [-0.39, 0.29) is 28.9 Å². The van der Waals surface area contributed by atoms with E-state index >= 15 is 0 Å². The molecule has 0 N–H and O–H groups in total. The maximum atomic E-state index is 7.51. The van der Waals surface area contributed by atoms with Crippen molar-refractivity contribution in [2.24, 2.45) is 0 Å². The number of nitrogens with zero attached hydrogens (tertiary/aromatic N) is 2. The van der Waals surface area contributed by atoms with Crippen LogP contribution in [0.1, 0.15) is 121 Å². The van der Waals surface area contributed by atoms with E-state index in [4.69, 9.17) is 4.42 Å². The molecule has 0 unspecified atom stereocenters. The number of fused-ring (bicyclic) bond motifs is 7. The summed E-state index contributed by atoms with van der Waals surface area (Å²) in [6.07, 6.45) is 0. The van der Waals surface area contributed by atoms with Crippen LogP contribution in [0.3, 0.4) is 0 Å². The van der Waals surface area contributed by atoms with Gasteiger partial charge in [-0.05, 0) is 152 Å². The van der Waals surface area contributed by atoms with E-state index in [1.54, 1.807) is 0 Å². The first-order valence-electron chi connectivity index (χ1n) is 25.0. The molecule has 0 spiro atoms. The molecule has 346 valence electrons. The number of benzene rings is 7. The lowest BCUT2D eigenvalue weighted by atomic mass is 9.35. The average molecular weight is 921 g/mol. The van der Waals surface area contributed by atoms with Crippen molar-refractivity contribution in [3.8, 4) is 22.3 Å². The summed E-state index contributed by atoms with van der Waals surface area (Å²) in [4.78, 5) is 5.26. The first-order chi connectivity index (χ1) is 32.7. The van der Waals surface area contributed by atoms with Crippen molar-refractivity contribution in [1.82, 2.24) is 0 Å². The Morgan fingerprint density at radius 2 is 1.12 bits per heavy atom. The van der Waals surface area contributed by atoms with E-state index < -0.39 is 0 Å². The number of furan rings is 1. The highest BCUT2D eigenvalue weighted by Gasteiger charge is 2.48. The first-order valence-corrected chi connectivity index (χ1v) is 25.8. The van der Waals surface area contributed by atoms with Crippen molar-refractivity contribution in [3.05, 3.63) is 172 Å². The molecular weight excluding hydrogens is 856 g/mol. The third-order valence-electron chi connectivity index (χ3n) is 15.1. The van der Waals surface area contributed by atoms with E-state index in [1.807, 2.05) is 11.3 Å². The fourth-order valence-electron chi connectivity index (χ4n) is 11.2. The Kier molecular flexibility index (Phi) is 10.4. The van der Waals surface area contributed by atoms with Crippen molar-refractivity contribution in [3.63, 3.8) is 0 Å². The Morgan fingerprint density at radius 3 is 1.77 bits per heavy atom. The number of aryl methyl sites for hydroxylation is 3. The van der Waals surface area contributed by atoms with Gasteiger partial charge in [-0.15, -0.1) is 11.3 Å². The van der Waals surface area contributed by atoms with Gasteiger partial charge in [0.25, 0.3) is 6.71 Å². The van der Waals surface area contributed by atoms with E-state index in [9.17, 15) is 0 Å². The standard InChI is InChI=1S/C64H65BN2OS/c1-37(2)43-32-53-57-54(33-43)67(58-38(3)28-45(29-39(58)4)63(9,10)11)60-49-34-44(62(6,7)8)25-27-55(49)68-61(60)65(57)51-31-42(50-36-69-56-23-19-18-22-47(50)56)24-26-52(51)66(53)59-40(5)30-46(64(12,13)14)35-48(59)41-20-16-15-17-21-41/h15-37H,1-14H3. The quantitative estimate of drug-likeness (QED) is 0.160. The third-order valence-corrected chi connectivity index (χ3v) is 16.0. The molecule has 0 atom stereocenters. The van der Waals surface area contributed by atoms with Gasteiger partial charge in [0.15, 0.2) is 0 Å². The van der Waals surface area contributed by atoms with Gasteiger partial charge in [0, 0.05) is 43.7 Å². The maximum absolute atomic E-state index is 7.51. The van der Waals surface area contributed by atoms with Crippen LogP contribution in [0.15, 0.2) is 137 Å². The average Bonchev–Trinajstić information content (AvgIpc) is 3.90. The molecule has 2 aliphatic rings. The number of hydrogen-bond acceptors (Lipinski definition) is 4. The summed E-state index contributed by atoms with van der Waals surface area (Å²) in [6, 6.07) is 48.9. The number of hydrogen-bond donors (Lipinski definition) is 0. The second kappa shape index (κ2) is 15.9. The molecule has 2 aliphatic heterocycles. The SMILES string of the molecule is Cc1cc(C(C)(C)C)cc(C)c1N1c2cc(C(C)C)cc3c2B(c2cc(-c4csc5ccccc45)ccc2N3c2c(C)cc(C(C)(C)C)cc2-c2ccccc2)c2oc3ccc(C(C)(C)C)cc3c21. The lowest BCUT2D eigenvalue weighted by molar-refractivity contribution is 0.589. The van der Waals surface area contributed by atoms with E-state index in [2.05, 4.69) is 240 Å². The molecule has 3 nitrogen and oxygen atoms in total. The van der Waals surface area contributed by atoms with Crippen molar-refractivity contribution < 1.29 is 4.42 Å². The van der Waals surface area contributed by atoms with Crippen molar-refractivity contribution in [2.45, 2.75) is 119 Å². The highest BCUT2D eigenvalue weighted by molar-refractivity contribution is 7.17. The molecule has 0 amide bonds. The van der Waals surface area contributed by atoms with Crippen LogP contribution in [0, 0.1) is 20.8 Å².